The lowest BCUT2D eigenvalue weighted by molar-refractivity contribution is -0.144. The van der Waals surface area contributed by atoms with Crippen LogP contribution < -0.4 is 5.32 Å². The van der Waals surface area contributed by atoms with E-state index in [-0.39, 0.29) is 10.7 Å². The second-order valence-electron chi connectivity index (χ2n) is 5.31. The summed E-state index contributed by atoms with van der Waals surface area (Å²) in [6, 6.07) is 5.98. The van der Waals surface area contributed by atoms with Crippen molar-refractivity contribution < 1.29 is 14.7 Å². The first-order valence-corrected chi connectivity index (χ1v) is 7.43. The van der Waals surface area contributed by atoms with E-state index in [1.165, 1.54) is 29.8 Å². The number of benzene rings is 1. The Kier molecular flexibility index (Phi) is 4.68. The lowest BCUT2D eigenvalue weighted by atomic mass is 9.92. The topological polar surface area (TPSA) is 84.2 Å². The Morgan fingerprint density at radius 2 is 1.91 bits per heavy atom. The normalized spacial score (nSPS) is 13.4. The molecule has 0 bridgehead atoms. The molecule has 0 aliphatic rings. The van der Waals surface area contributed by atoms with Gasteiger partial charge in [-0.3, -0.25) is 9.48 Å². The highest BCUT2D eigenvalue weighted by Crippen LogP contribution is 2.29. The summed E-state index contributed by atoms with van der Waals surface area (Å²) in [4.78, 5) is 24.1. The van der Waals surface area contributed by atoms with Gasteiger partial charge in [-0.25, -0.2) is 4.79 Å². The molecule has 8 heteroatoms. The summed E-state index contributed by atoms with van der Waals surface area (Å²) < 4.78 is 1.53. The molecule has 2 aromatic rings. The van der Waals surface area contributed by atoms with Gasteiger partial charge in [0, 0.05) is 12.7 Å². The number of nitrogens with zero attached hydrogens (tertiary/aromatic N) is 2. The number of aromatic nitrogens is 2. The third-order valence-corrected chi connectivity index (χ3v) is 4.37. The number of halogens is 2. The van der Waals surface area contributed by atoms with Gasteiger partial charge >= 0.3 is 5.97 Å². The van der Waals surface area contributed by atoms with E-state index in [0.29, 0.717) is 10.6 Å². The number of aliphatic carboxylic acids is 1. The summed E-state index contributed by atoms with van der Waals surface area (Å²) in [6.45, 7) is 3.17. The molecule has 23 heavy (non-hydrogen) atoms. The van der Waals surface area contributed by atoms with Crippen molar-refractivity contribution in [2.45, 2.75) is 19.4 Å². The number of amides is 1. The first-order chi connectivity index (χ1) is 10.6. The van der Waals surface area contributed by atoms with Gasteiger partial charge in [-0.15, -0.1) is 0 Å². The van der Waals surface area contributed by atoms with Gasteiger partial charge in [-0.2, -0.15) is 5.10 Å². The molecule has 1 amide bonds. The standard InChI is InChI=1S/C15H15Cl2N3O3/c1-8-6-12(19-20(8)3)13(21)18-15(2,14(22)23)9-4-5-10(16)11(17)7-9/h4-7H,1-3H3,(H,18,21)(H,22,23). The molecule has 1 unspecified atom stereocenters. The van der Waals surface area contributed by atoms with Gasteiger partial charge in [-0.05, 0) is 37.6 Å². The molecule has 1 aromatic carbocycles. The molecule has 1 aromatic heterocycles. The van der Waals surface area contributed by atoms with Gasteiger partial charge < -0.3 is 10.4 Å². The lowest BCUT2D eigenvalue weighted by Crippen LogP contribution is -2.49. The molecule has 6 nitrogen and oxygen atoms in total. The molecule has 0 spiro atoms. The van der Waals surface area contributed by atoms with Crippen LogP contribution in [0, 0.1) is 6.92 Å². The average Bonchev–Trinajstić information content (AvgIpc) is 2.81. The maximum absolute atomic E-state index is 12.3. The Balaban J connectivity index is 2.39. The van der Waals surface area contributed by atoms with Crippen molar-refractivity contribution in [2.75, 3.05) is 0 Å². The second kappa shape index (κ2) is 6.22. The van der Waals surface area contributed by atoms with Crippen molar-refractivity contribution >= 4 is 35.1 Å². The summed E-state index contributed by atoms with van der Waals surface area (Å²) in [5, 5.41) is 16.6. The molecule has 0 saturated carbocycles. The minimum atomic E-state index is -1.67. The van der Waals surface area contributed by atoms with Crippen LogP contribution in [0.15, 0.2) is 24.3 Å². The Morgan fingerprint density at radius 1 is 1.26 bits per heavy atom. The molecule has 2 N–H and O–H groups in total. The molecule has 0 saturated heterocycles. The first-order valence-electron chi connectivity index (χ1n) is 6.67. The van der Waals surface area contributed by atoms with Crippen LogP contribution in [-0.2, 0) is 17.4 Å². The summed E-state index contributed by atoms with van der Waals surface area (Å²) >= 11 is 11.8. The maximum atomic E-state index is 12.3. The molecule has 0 radical (unpaired) electrons. The van der Waals surface area contributed by atoms with Gasteiger partial charge in [0.05, 0.1) is 10.0 Å². The van der Waals surface area contributed by atoms with Crippen LogP contribution >= 0.6 is 23.2 Å². The lowest BCUT2D eigenvalue weighted by Gasteiger charge is -2.26. The van der Waals surface area contributed by atoms with Crippen LogP contribution in [0.5, 0.6) is 0 Å². The van der Waals surface area contributed by atoms with Crippen molar-refractivity contribution in [3.8, 4) is 0 Å². The van der Waals surface area contributed by atoms with E-state index >= 15 is 0 Å². The van der Waals surface area contributed by atoms with Gasteiger partial charge in [0.15, 0.2) is 5.54 Å². The number of carbonyl (C=O) groups is 2. The Morgan fingerprint density at radius 3 is 2.39 bits per heavy atom. The van der Waals surface area contributed by atoms with Gasteiger partial charge in [0.1, 0.15) is 5.69 Å². The highest BCUT2D eigenvalue weighted by atomic mass is 35.5. The molecular weight excluding hydrogens is 341 g/mol. The van der Waals surface area contributed by atoms with Crippen molar-refractivity contribution in [2.24, 2.45) is 7.05 Å². The zero-order valence-corrected chi connectivity index (χ0v) is 14.2. The largest absolute Gasteiger partial charge is 0.479 e. The Labute approximate surface area is 143 Å². The summed E-state index contributed by atoms with van der Waals surface area (Å²) in [5.74, 6) is -1.82. The molecule has 122 valence electrons. The molecule has 1 heterocycles. The number of hydrogen-bond donors (Lipinski definition) is 2. The fourth-order valence-corrected chi connectivity index (χ4v) is 2.32. The van der Waals surface area contributed by atoms with Crippen molar-refractivity contribution in [1.29, 1.82) is 0 Å². The van der Waals surface area contributed by atoms with Crippen LogP contribution in [0.25, 0.3) is 0 Å². The fourth-order valence-electron chi connectivity index (χ4n) is 2.02. The minimum Gasteiger partial charge on any atom is -0.479 e. The minimum absolute atomic E-state index is 0.137. The molecule has 2 rings (SSSR count). The zero-order chi connectivity index (χ0) is 17.4. The molecule has 0 aliphatic carbocycles. The SMILES string of the molecule is Cc1cc(C(=O)NC(C)(C(=O)O)c2ccc(Cl)c(Cl)c2)nn1C. The predicted molar refractivity (Wildman–Crippen MR) is 86.9 cm³/mol. The van der Waals surface area contributed by atoms with E-state index in [9.17, 15) is 14.7 Å². The molecule has 1 atom stereocenters. The number of rotatable bonds is 4. The first kappa shape index (κ1) is 17.3. The van der Waals surface area contributed by atoms with Gasteiger partial charge in [-0.1, -0.05) is 29.3 Å². The van der Waals surface area contributed by atoms with Gasteiger partial charge in [0.25, 0.3) is 5.91 Å². The third-order valence-electron chi connectivity index (χ3n) is 3.63. The number of carboxylic acids is 1. The highest BCUT2D eigenvalue weighted by molar-refractivity contribution is 6.42. The van der Waals surface area contributed by atoms with Crippen LogP contribution in [0.1, 0.15) is 28.7 Å². The van der Waals surface area contributed by atoms with Gasteiger partial charge in [0.2, 0.25) is 0 Å². The van der Waals surface area contributed by atoms with Crippen LogP contribution in [0.2, 0.25) is 10.0 Å². The Bertz CT molecular complexity index is 769. The zero-order valence-electron chi connectivity index (χ0n) is 12.7. The number of carbonyl (C=O) groups excluding carboxylic acids is 1. The monoisotopic (exact) mass is 355 g/mol. The smallest absolute Gasteiger partial charge is 0.333 e. The summed E-state index contributed by atoms with van der Waals surface area (Å²) in [6.07, 6.45) is 0. The maximum Gasteiger partial charge on any atom is 0.333 e. The molecule has 0 fully saturated rings. The number of carboxylic acid groups (broad SMARTS) is 1. The highest BCUT2D eigenvalue weighted by Gasteiger charge is 2.38. The Hall–Kier alpha value is -2.05. The average molecular weight is 356 g/mol. The van der Waals surface area contributed by atoms with Crippen molar-refractivity contribution in [1.82, 2.24) is 15.1 Å². The number of hydrogen-bond acceptors (Lipinski definition) is 3. The molecular formula is C15H15Cl2N3O3. The van der Waals surface area contributed by atoms with Crippen LogP contribution in [-0.4, -0.2) is 26.8 Å². The van der Waals surface area contributed by atoms with E-state index in [1.807, 2.05) is 0 Å². The fraction of sp³-hybridized carbons (Fsp3) is 0.267. The predicted octanol–water partition coefficient (Wildman–Crippen LogP) is 2.77. The van der Waals surface area contributed by atoms with E-state index < -0.39 is 17.4 Å². The van der Waals surface area contributed by atoms with E-state index in [0.717, 1.165) is 5.69 Å². The van der Waals surface area contributed by atoms with Crippen LogP contribution in [0.4, 0.5) is 0 Å². The van der Waals surface area contributed by atoms with Crippen molar-refractivity contribution in [3.63, 3.8) is 0 Å². The third kappa shape index (κ3) is 3.33. The summed E-state index contributed by atoms with van der Waals surface area (Å²) in [7, 11) is 1.70. The quantitative estimate of drug-likeness (QED) is 0.882. The molecule has 0 aliphatic heterocycles. The van der Waals surface area contributed by atoms with Crippen LogP contribution in [0.3, 0.4) is 0 Å². The number of nitrogens with one attached hydrogen (secondary N) is 1. The van der Waals surface area contributed by atoms with E-state index in [1.54, 1.807) is 20.0 Å². The van der Waals surface area contributed by atoms with Crippen molar-refractivity contribution in [3.05, 3.63) is 51.3 Å². The second-order valence-corrected chi connectivity index (χ2v) is 6.12. The van der Waals surface area contributed by atoms with E-state index in [2.05, 4.69) is 10.4 Å². The summed E-state index contributed by atoms with van der Waals surface area (Å²) in [5.41, 5.74) is -0.448. The van der Waals surface area contributed by atoms with E-state index in [4.69, 9.17) is 23.2 Å². The number of aryl methyl sites for hydroxylation is 2.